The number of halogens is 1. The highest BCUT2D eigenvalue weighted by atomic mass is 35.5. The summed E-state index contributed by atoms with van der Waals surface area (Å²) >= 11 is 5.87. The number of carbonyl (C=O) groups excluding carboxylic acids is 1. The van der Waals surface area contributed by atoms with Crippen molar-refractivity contribution in [3.63, 3.8) is 0 Å². The zero-order chi connectivity index (χ0) is 21.0. The SMILES string of the molecule is C=CCN(C(=O)Nc1ccc(Cl)cc1)c1cc(O)n(-c2ccc(OC)cc2)c1O. The van der Waals surface area contributed by atoms with Crippen LogP contribution in [-0.4, -0.2) is 34.5 Å². The Morgan fingerprint density at radius 3 is 2.45 bits per heavy atom. The summed E-state index contributed by atoms with van der Waals surface area (Å²) in [7, 11) is 1.55. The average Bonchev–Trinajstić information content (AvgIpc) is 3.01. The van der Waals surface area contributed by atoms with Gasteiger partial charge in [-0.3, -0.25) is 4.90 Å². The van der Waals surface area contributed by atoms with E-state index >= 15 is 0 Å². The summed E-state index contributed by atoms with van der Waals surface area (Å²) in [6, 6.07) is 14.2. The molecule has 0 aliphatic heterocycles. The quantitative estimate of drug-likeness (QED) is 0.508. The number of aromatic hydroxyl groups is 2. The second-order valence-corrected chi connectivity index (χ2v) is 6.52. The van der Waals surface area contributed by atoms with E-state index in [9.17, 15) is 15.0 Å². The Labute approximate surface area is 173 Å². The number of aromatic nitrogens is 1. The fourth-order valence-corrected chi connectivity index (χ4v) is 2.93. The first-order chi connectivity index (χ1) is 13.9. The number of ether oxygens (including phenoxy) is 1. The van der Waals surface area contributed by atoms with E-state index < -0.39 is 6.03 Å². The molecule has 29 heavy (non-hydrogen) atoms. The standard InChI is InChI=1S/C21H20ClN3O4/c1-3-12-24(21(28)23-15-6-4-14(22)5-7-15)18-13-19(26)25(20(18)27)16-8-10-17(29-2)11-9-16/h3-11,13,26-27H,1,12H2,2H3,(H,23,28). The van der Waals surface area contributed by atoms with Crippen molar-refractivity contribution < 1.29 is 19.7 Å². The Balaban J connectivity index is 1.93. The molecule has 2 aromatic carbocycles. The second-order valence-electron chi connectivity index (χ2n) is 6.08. The molecule has 2 amide bonds. The van der Waals surface area contributed by atoms with E-state index in [1.54, 1.807) is 55.6 Å². The maximum absolute atomic E-state index is 12.8. The van der Waals surface area contributed by atoms with Crippen molar-refractivity contribution in [1.82, 2.24) is 4.57 Å². The van der Waals surface area contributed by atoms with Gasteiger partial charge in [-0.15, -0.1) is 6.58 Å². The third-order valence-electron chi connectivity index (χ3n) is 4.21. The highest BCUT2D eigenvalue weighted by Crippen LogP contribution is 2.38. The van der Waals surface area contributed by atoms with Crippen LogP contribution in [0.15, 0.2) is 67.3 Å². The Kier molecular flexibility index (Phi) is 5.99. The van der Waals surface area contributed by atoms with Gasteiger partial charge in [-0.25, -0.2) is 9.36 Å². The Morgan fingerprint density at radius 2 is 1.86 bits per heavy atom. The van der Waals surface area contributed by atoms with Crippen LogP contribution < -0.4 is 15.0 Å². The van der Waals surface area contributed by atoms with Gasteiger partial charge in [0.1, 0.15) is 11.4 Å². The average molecular weight is 414 g/mol. The maximum atomic E-state index is 12.8. The van der Waals surface area contributed by atoms with Gasteiger partial charge in [-0.05, 0) is 48.5 Å². The molecule has 1 aromatic heterocycles. The van der Waals surface area contributed by atoms with Crippen LogP contribution in [-0.2, 0) is 0 Å². The number of urea groups is 1. The topological polar surface area (TPSA) is 87.0 Å². The minimum absolute atomic E-state index is 0.110. The summed E-state index contributed by atoms with van der Waals surface area (Å²) in [6.07, 6.45) is 1.52. The van der Waals surface area contributed by atoms with Crippen molar-refractivity contribution in [2.75, 3.05) is 23.9 Å². The van der Waals surface area contributed by atoms with Gasteiger partial charge in [0.15, 0.2) is 0 Å². The number of nitrogens with one attached hydrogen (secondary N) is 1. The molecule has 0 fully saturated rings. The van der Waals surface area contributed by atoms with E-state index in [2.05, 4.69) is 11.9 Å². The van der Waals surface area contributed by atoms with Crippen LogP contribution in [0, 0.1) is 0 Å². The molecule has 150 valence electrons. The Bertz CT molecular complexity index is 1010. The van der Waals surface area contributed by atoms with Crippen molar-refractivity contribution in [2.24, 2.45) is 0 Å². The van der Waals surface area contributed by atoms with Gasteiger partial charge >= 0.3 is 6.03 Å². The smallest absolute Gasteiger partial charge is 0.326 e. The minimum Gasteiger partial charge on any atom is -0.497 e. The van der Waals surface area contributed by atoms with Crippen LogP contribution in [0.5, 0.6) is 17.5 Å². The van der Waals surface area contributed by atoms with E-state index in [-0.39, 0.29) is 24.0 Å². The number of rotatable bonds is 6. The molecule has 7 nitrogen and oxygen atoms in total. The van der Waals surface area contributed by atoms with Crippen LogP contribution in [0.3, 0.4) is 0 Å². The fraction of sp³-hybridized carbons (Fsp3) is 0.0952. The number of anilines is 2. The van der Waals surface area contributed by atoms with Crippen LogP contribution in [0.2, 0.25) is 5.02 Å². The highest BCUT2D eigenvalue weighted by molar-refractivity contribution is 6.30. The lowest BCUT2D eigenvalue weighted by molar-refractivity contribution is 0.257. The van der Waals surface area contributed by atoms with Gasteiger partial charge in [0, 0.05) is 23.3 Å². The van der Waals surface area contributed by atoms with Crippen LogP contribution in [0.1, 0.15) is 0 Å². The van der Waals surface area contributed by atoms with Crippen molar-refractivity contribution in [2.45, 2.75) is 0 Å². The van der Waals surface area contributed by atoms with Gasteiger partial charge in [0.25, 0.3) is 0 Å². The van der Waals surface area contributed by atoms with Crippen molar-refractivity contribution in [1.29, 1.82) is 0 Å². The van der Waals surface area contributed by atoms with Gasteiger partial charge in [0.2, 0.25) is 11.8 Å². The zero-order valence-corrected chi connectivity index (χ0v) is 16.4. The summed E-state index contributed by atoms with van der Waals surface area (Å²) in [5.41, 5.74) is 1.17. The lowest BCUT2D eigenvalue weighted by Gasteiger charge is -2.21. The van der Waals surface area contributed by atoms with E-state index in [4.69, 9.17) is 16.3 Å². The lowest BCUT2D eigenvalue weighted by Crippen LogP contribution is -2.35. The summed E-state index contributed by atoms with van der Waals surface area (Å²) < 4.78 is 6.34. The molecule has 0 atom stereocenters. The third-order valence-corrected chi connectivity index (χ3v) is 4.46. The van der Waals surface area contributed by atoms with Crippen molar-refractivity contribution >= 4 is 29.0 Å². The highest BCUT2D eigenvalue weighted by Gasteiger charge is 2.24. The summed E-state index contributed by atoms with van der Waals surface area (Å²) in [6.45, 7) is 3.77. The van der Waals surface area contributed by atoms with Gasteiger partial charge < -0.3 is 20.3 Å². The van der Waals surface area contributed by atoms with Gasteiger partial charge in [0.05, 0.1) is 12.8 Å². The van der Waals surface area contributed by atoms with E-state index in [0.717, 1.165) is 0 Å². The molecule has 0 aliphatic rings. The van der Waals surface area contributed by atoms with Gasteiger partial charge in [-0.2, -0.15) is 0 Å². The molecule has 1 heterocycles. The first-order valence-corrected chi connectivity index (χ1v) is 9.05. The molecule has 0 saturated heterocycles. The molecule has 3 aromatic rings. The summed E-state index contributed by atoms with van der Waals surface area (Å²) in [5.74, 6) is 0.118. The van der Waals surface area contributed by atoms with E-state index in [0.29, 0.717) is 22.1 Å². The largest absolute Gasteiger partial charge is 0.497 e. The van der Waals surface area contributed by atoms with E-state index in [1.807, 2.05) is 0 Å². The molecular weight excluding hydrogens is 394 g/mol. The number of carbonyl (C=O) groups is 1. The molecule has 3 N–H and O–H groups in total. The molecule has 0 radical (unpaired) electrons. The van der Waals surface area contributed by atoms with Gasteiger partial charge in [-0.1, -0.05) is 17.7 Å². The first kappa shape index (κ1) is 20.2. The molecule has 0 aliphatic carbocycles. The molecule has 0 bridgehead atoms. The number of methoxy groups -OCH3 is 1. The Morgan fingerprint density at radius 1 is 1.21 bits per heavy atom. The molecule has 3 rings (SSSR count). The summed E-state index contributed by atoms with van der Waals surface area (Å²) in [4.78, 5) is 14.1. The molecule has 0 spiro atoms. The third kappa shape index (κ3) is 4.30. The van der Waals surface area contributed by atoms with Crippen molar-refractivity contribution in [3.05, 3.63) is 72.3 Å². The number of hydrogen-bond donors (Lipinski definition) is 3. The predicted molar refractivity (Wildman–Crippen MR) is 114 cm³/mol. The second kappa shape index (κ2) is 8.62. The fourth-order valence-electron chi connectivity index (χ4n) is 2.80. The summed E-state index contributed by atoms with van der Waals surface area (Å²) in [5, 5.41) is 24.4. The number of amides is 2. The van der Waals surface area contributed by atoms with Crippen molar-refractivity contribution in [3.8, 4) is 23.2 Å². The minimum atomic E-state index is -0.505. The van der Waals surface area contributed by atoms with Crippen LogP contribution in [0.25, 0.3) is 5.69 Å². The lowest BCUT2D eigenvalue weighted by atomic mass is 10.3. The molecule has 8 heteroatoms. The molecular formula is C21H20ClN3O4. The first-order valence-electron chi connectivity index (χ1n) is 8.67. The monoisotopic (exact) mass is 413 g/mol. The molecule has 0 unspecified atom stereocenters. The number of nitrogens with zero attached hydrogens (tertiary/aromatic N) is 2. The van der Waals surface area contributed by atoms with Crippen LogP contribution in [0.4, 0.5) is 16.2 Å². The van der Waals surface area contributed by atoms with E-state index in [1.165, 1.54) is 21.6 Å². The maximum Gasteiger partial charge on any atom is 0.326 e. The van der Waals surface area contributed by atoms with Crippen LogP contribution >= 0.6 is 11.6 Å². The normalized spacial score (nSPS) is 10.4. The number of hydrogen-bond acceptors (Lipinski definition) is 4. The Hall–Kier alpha value is -3.58. The number of benzene rings is 2. The zero-order valence-electron chi connectivity index (χ0n) is 15.7. The predicted octanol–water partition coefficient (Wildman–Crippen LogP) is 4.78. The molecule has 0 saturated carbocycles.